The van der Waals surface area contributed by atoms with Crippen LogP contribution in [-0.2, 0) is 9.47 Å². The smallest absolute Gasteiger partial charge is 0.340 e. The number of aryl methyl sites for hydroxylation is 1. The Kier molecular flexibility index (Phi) is 7.11. The zero-order valence-corrected chi connectivity index (χ0v) is 17.1. The number of nitrogens with one attached hydrogen (secondary N) is 1. The van der Waals surface area contributed by atoms with Gasteiger partial charge in [0.15, 0.2) is 6.61 Å². The fraction of sp³-hybridized carbons (Fsp3) is 0.400. The Morgan fingerprint density at radius 2 is 1.93 bits per heavy atom. The predicted molar refractivity (Wildman–Crippen MR) is 108 cm³/mol. The fourth-order valence-corrected chi connectivity index (χ4v) is 3.37. The van der Waals surface area contributed by atoms with Crippen LogP contribution in [0.4, 0.5) is 11.4 Å². The average Bonchev–Trinajstić information content (AvgIpc) is 2.99. The number of methoxy groups -OCH3 is 1. The minimum Gasteiger partial charge on any atom is -0.454 e. The van der Waals surface area contributed by atoms with Crippen LogP contribution < -0.4 is 5.32 Å². The van der Waals surface area contributed by atoms with Crippen LogP contribution in [-0.4, -0.2) is 48.6 Å². The summed E-state index contributed by atoms with van der Waals surface area (Å²) in [6.07, 6.45) is 0. The summed E-state index contributed by atoms with van der Waals surface area (Å²) in [6.45, 7) is 5.74. The third kappa shape index (κ3) is 4.80. The van der Waals surface area contributed by atoms with Crippen LogP contribution in [0, 0.1) is 24.0 Å². The van der Waals surface area contributed by atoms with Gasteiger partial charge in [0.25, 0.3) is 5.69 Å². The number of ether oxygens (including phenoxy) is 2. The number of non-ortho nitro benzene ring substituents is 1. The van der Waals surface area contributed by atoms with Gasteiger partial charge in [0, 0.05) is 48.9 Å². The summed E-state index contributed by atoms with van der Waals surface area (Å²) >= 11 is 0. The van der Waals surface area contributed by atoms with E-state index in [4.69, 9.17) is 9.47 Å². The lowest BCUT2D eigenvalue weighted by Crippen LogP contribution is -2.17. The Labute approximate surface area is 168 Å². The number of carbonyl (C=O) groups excluding carboxylic acids is 2. The maximum Gasteiger partial charge on any atom is 0.340 e. The molecule has 0 radical (unpaired) electrons. The summed E-state index contributed by atoms with van der Waals surface area (Å²) in [5.41, 5.74) is 2.26. The summed E-state index contributed by atoms with van der Waals surface area (Å²) in [5.74, 6) is -1.16. The number of carbonyl (C=O) groups is 2. The molecule has 1 heterocycles. The van der Waals surface area contributed by atoms with E-state index in [2.05, 4.69) is 5.32 Å². The first-order chi connectivity index (χ1) is 13.7. The normalized spacial score (nSPS) is 11.8. The minimum atomic E-state index is -0.812. The molecule has 2 rings (SSSR count). The zero-order chi connectivity index (χ0) is 21.7. The number of nitrogens with zero attached hydrogens (tertiary/aromatic N) is 2. The molecule has 29 heavy (non-hydrogen) atoms. The number of ketones is 1. The second-order valence-electron chi connectivity index (χ2n) is 6.70. The zero-order valence-electron chi connectivity index (χ0n) is 17.1. The molecular formula is C20H25N3O6. The number of aromatic nitrogens is 1. The Balaban J connectivity index is 2.18. The van der Waals surface area contributed by atoms with Crippen molar-refractivity contribution < 1.29 is 24.0 Å². The second kappa shape index (κ2) is 9.33. The average molecular weight is 403 g/mol. The van der Waals surface area contributed by atoms with Gasteiger partial charge in [0.05, 0.1) is 23.1 Å². The molecule has 1 atom stereocenters. The molecule has 9 nitrogen and oxygen atoms in total. The molecule has 9 heteroatoms. The molecule has 1 N–H and O–H groups in total. The molecule has 0 aliphatic rings. The number of esters is 1. The molecule has 0 saturated carbocycles. The number of hydrogen-bond donors (Lipinski definition) is 1. The SMILES string of the molecule is CNc1ccc([N+](=O)[O-])cc1C(=O)OCC(=O)c1cc(C)n([C@@H](C)COC)c1C. The molecule has 1 aromatic heterocycles. The number of Topliss-reactive ketones (excluding diaryl/α,β-unsaturated/α-hetero) is 1. The summed E-state index contributed by atoms with van der Waals surface area (Å²) in [4.78, 5) is 35.4. The maximum atomic E-state index is 12.6. The predicted octanol–water partition coefficient (Wildman–Crippen LogP) is 3.30. The summed E-state index contributed by atoms with van der Waals surface area (Å²) in [5, 5.41) is 13.8. The van der Waals surface area contributed by atoms with Gasteiger partial charge in [-0.1, -0.05) is 0 Å². The highest BCUT2D eigenvalue weighted by Gasteiger charge is 2.22. The van der Waals surface area contributed by atoms with Crippen LogP contribution in [0.2, 0.25) is 0 Å². The van der Waals surface area contributed by atoms with E-state index in [9.17, 15) is 19.7 Å². The molecule has 0 saturated heterocycles. The first kappa shape index (κ1) is 22.1. The number of nitro benzene ring substituents is 1. The van der Waals surface area contributed by atoms with E-state index in [0.717, 1.165) is 17.5 Å². The van der Waals surface area contributed by atoms with Gasteiger partial charge in [0.1, 0.15) is 0 Å². The standard InChI is InChI=1S/C20H25N3O6/c1-12-8-16(14(3)22(12)13(2)10-28-5)19(24)11-29-20(25)17-9-15(23(26)27)6-7-18(17)21-4/h6-9,13,21H,10-11H2,1-5H3/t13-/m0/s1. The molecule has 0 unspecified atom stereocenters. The summed E-state index contributed by atoms with van der Waals surface area (Å²) < 4.78 is 12.3. The van der Waals surface area contributed by atoms with E-state index in [1.807, 2.05) is 25.3 Å². The molecule has 1 aromatic carbocycles. The third-order valence-electron chi connectivity index (χ3n) is 4.67. The van der Waals surface area contributed by atoms with Crippen molar-refractivity contribution in [1.82, 2.24) is 4.57 Å². The van der Waals surface area contributed by atoms with Gasteiger partial charge < -0.3 is 19.4 Å². The molecule has 0 aliphatic carbocycles. The Bertz CT molecular complexity index is 935. The van der Waals surface area contributed by atoms with Crippen LogP contribution in [0.15, 0.2) is 24.3 Å². The van der Waals surface area contributed by atoms with Gasteiger partial charge in [-0.05, 0) is 32.9 Å². The molecule has 0 aliphatic heterocycles. The first-order valence-electron chi connectivity index (χ1n) is 9.05. The highest BCUT2D eigenvalue weighted by Crippen LogP contribution is 2.24. The van der Waals surface area contributed by atoms with E-state index in [-0.39, 0.29) is 23.1 Å². The first-order valence-corrected chi connectivity index (χ1v) is 9.05. The molecule has 156 valence electrons. The molecule has 0 amide bonds. The van der Waals surface area contributed by atoms with E-state index in [1.54, 1.807) is 20.2 Å². The lowest BCUT2D eigenvalue weighted by Gasteiger charge is -2.17. The summed E-state index contributed by atoms with van der Waals surface area (Å²) in [7, 11) is 3.20. The van der Waals surface area contributed by atoms with E-state index >= 15 is 0 Å². The number of hydrogen-bond acceptors (Lipinski definition) is 7. The second-order valence-corrected chi connectivity index (χ2v) is 6.70. The highest BCUT2D eigenvalue weighted by molar-refractivity contribution is 6.02. The van der Waals surface area contributed by atoms with E-state index < -0.39 is 17.5 Å². The topological polar surface area (TPSA) is 113 Å². The van der Waals surface area contributed by atoms with Crippen molar-refractivity contribution in [2.45, 2.75) is 26.8 Å². The van der Waals surface area contributed by atoms with Crippen LogP contribution >= 0.6 is 0 Å². The Morgan fingerprint density at radius 1 is 1.24 bits per heavy atom. The van der Waals surface area contributed by atoms with Gasteiger partial charge in [-0.25, -0.2) is 4.79 Å². The van der Waals surface area contributed by atoms with Crippen molar-refractivity contribution in [1.29, 1.82) is 0 Å². The van der Waals surface area contributed by atoms with Crippen molar-refractivity contribution in [3.8, 4) is 0 Å². The lowest BCUT2D eigenvalue weighted by molar-refractivity contribution is -0.384. The van der Waals surface area contributed by atoms with Crippen LogP contribution in [0.5, 0.6) is 0 Å². The maximum absolute atomic E-state index is 12.6. The van der Waals surface area contributed by atoms with E-state index in [0.29, 0.717) is 17.9 Å². The molecular weight excluding hydrogens is 378 g/mol. The molecule has 2 aromatic rings. The van der Waals surface area contributed by atoms with E-state index in [1.165, 1.54) is 12.1 Å². The molecule has 0 spiro atoms. The van der Waals surface area contributed by atoms with Gasteiger partial charge in [-0.3, -0.25) is 14.9 Å². The van der Waals surface area contributed by atoms with Crippen LogP contribution in [0.1, 0.15) is 45.1 Å². The van der Waals surface area contributed by atoms with Crippen molar-refractivity contribution in [2.75, 3.05) is 32.7 Å². The van der Waals surface area contributed by atoms with Crippen molar-refractivity contribution in [2.24, 2.45) is 0 Å². The third-order valence-corrected chi connectivity index (χ3v) is 4.67. The Morgan fingerprint density at radius 3 is 2.52 bits per heavy atom. The largest absolute Gasteiger partial charge is 0.454 e. The molecule has 0 fully saturated rings. The number of anilines is 1. The van der Waals surface area contributed by atoms with Gasteiger partial charge in [-0.2, -0.15) is 0 Å². The quantitative estimate of drug-likeness (QED) is 0.296. The fourth-order valence-electron chi connectivity index (χ4n) is 3.37. The van der Waals surface area contributed by atoms with Crippen LogP contribution in [0.3, 0.4) is 0 Å². The molecule has 0 bridgehead atoms. The monoisotopic (exact) mass is 403 g/mol. The van der Waals surface area contributed by atoms with Crippen molar-refractivity contribution >= 4 is 23.1 Å². The van der Waals surface area contributed by atoms with Crippen molar-refractivity contribution in [3.63, 3.8) is 0 Å². The Hall–Kier alpha value is -3.20. The van der Waals surface area contributed by atoms with Gasteiger partial charge in [-0.15, -0.1) is 0 Å². The van der Waals surface area contributed by atoms with Gasteiger partial charge in [0.2, 0.25) is 5.78 Å². The number of rotatable bonds is 9. The summed E-state index contributed by atoms with van der Waals surface area (Å²) in [6, 6.07) is 5.62. The lowest BCUT2D eigenvalue weighted by atomic mass is 10.1. The van der Waals surface area contributed by atoms with Crippen molar-refractivity contribution in [3.05, 3.63) is 56.9 Å². The number of nitro groups is 1. The van der Waals surface area contributed by atoms with Gasteiger partial charge >= 0.3 is 5.97 Å². The van der Waals surface area contributed by atoms with Crippen LogP contribution in [0.25, 0.3) is 0 Å². The minimum absolute atomic E-state index is 0.00584. The highest BCUT2D eigenvalue weighted by atomic mass is 16.6. The number of benzene rings is 1.